The predicted molar refractivity (Wildman–Crippen MR) is 68.3 cm³/mol. The van der Waals surface area contributed by atoms with Gasteiger partial charge in [-0.05, 0) is 18.1 Å². The molecule has 0 saturated carbocycles. The average molecular weight is 279 g/mol. The van der Waals surface area contributed by atoms with Gasteiger partial charge in [-0.3, -0.25) is 9.78 Å². The number of hydrogen-bond acceptors (Lipinski definition) is 2. The van der Waals surface area contributed by atoms with E-state index in [2.05, 4.69) is 4.98 Å². The monoisotopic (exact) mass is 279 g/mol. The number of rotatable bonds is 4. The van der Waals surface area contributed by atoms with Gasteiger partial charge in [0.15, 0.2) is 5.78 Å². The minimum absolute atomic E-state index is 0.0242. The van der Waals surface area contributed by atoms with Gasteiger partial charge < -0.3 is 0 Å². The molecular weight excluding hydrogens is 267 g/mol. The average Bonchev–Trinajstić information content (AvgIpc) is 2.45. The lowest BCUT2D eigenvalue weighted by atomic mass is 10.0. The molecule has 0 amide bonds. The summed E-state index contributed by atoms with van der Waals surface area (Å²) in [6, 6.07) is 9.45. The topological polar surface area (TPSA) is 30.0 Å². The van der Waals surface area contributed by atoms with E-state index in [0.29, 0.717) is 5.56 Å². The summed E-state index contributed by atoms with van der Waals surface area (Å²) in [6.45, 7) is 0. The number of carbonyl (C=O) groups is 1. The Kier molecular flexibility index (Phi) is 4.17. The largest absolute Gasteiger partial charge is 0.416 e. The molecule has 0 radical (unpaired) electrons. The van der Waals surface area contributed by atoms with Crippen LogP contribution in [0.15, 0.2) is 48.8 Å². The van der Waals surface area contributed by atoms with E-state index in [1.165, 1.54) is 6.20 Å². The highest BCUT2D eigenvalue weighted by molar-refractivity contribution is 5.96. The van der Waals surface area contributed by atoms with Crippen molar-refractivity contribution < 1.29 is 18.0 Å². The fraction of sp³-hybridized carbons (Fsp3) is 0.200. The second-order valence-corrected chi connectivity index (χ2v) is 4.32. The van der Waals surface area contributed by atoms with E-state index < -0.39 is 11.7 Å². The summed E-state index contributed by atoms with van der Waals surface area (Å²) < 4.78 is 38.3. The van der Waals surface area contributed by atoms with Crippen LogP contribution in [0.5, 0.6) is 0 Å². The molecule has 2 nitrogen and oxygen atoms in total. The number of hydrogen-bond donors (Lipinski definition) is 0. The van der Waals surface area contributed by atoms with Gasteiger partial charge in [0.25, 0.3) is 0 Å². The van der Waals surface area contributed by atoms with Crippen molar-refractivity contribution in [2.24, 2.45) is 0 Å². The molecule has 2 aromatic rings. The van der Waals surface area contributed by atoms with Crippen molar-refractivity contribution in [2.75, 3.05) is 0 Å². The lowest BCUT2D eigenvalue weighted by molar-refractivity contribution is -0.138. The summed E-state index contributed by atoms with van der Waals surface area (Å²) >= 11 is 0. The second-order valence-electron chi connectivity index (χ2n) is 4.32. The molecule has 0 spiro atoms. The molecule has 0 saturated heterocycles. The van der Waals surface area contributed by atoms with Crippen LogP contribution in [0.4, 0.5) is 13.2 Å². The number of benzene rings is 1. The van der Waals surface area contributed by atoms with E-state index in [-0.39, 0.29) is 24.2 Å². The van der Waals surface area contributed by atoms with Crippen molar-refractivity contribution in [3.8, 4) is 0 Å². The molecule has 0 fully saturated rings. The van der Waals surface area contributed by atoms with Crippen molar-refractivity contribution >= 4 is 5.78 Å². The Hall–Kier alpha value is -2.17. The molecule has 1 aromatic heterocycles. The van der Waals surface area contributed by atoms with Crippen LogP contribution in [-0.4, -0.2) is 10.8 Å². The number of carbonyl (C=O) groups excluding carboxylic acids is 1. The van der Waals surface area contributed by atoms with Gasteiger partial charge in [0.05, 0.1) is 5.56 Å². The van der Waals surface area contributed by atoms with Crippen molar-refractivity contribution in [3.63, 3.8) is 0 Å². The van der Waals surface area contributed by atoms with Crippen molar-refractivity contribution in [1.29, 1.82) is 0 Å². The number of halogens is 3. The molecule has 5 heteroatoms. The van der Waals surface area contributed by atoms with Crippen molar-refractivity contribution in [3.05, 3.63) is 65.5 Å². The van der Waals surface area contributed by atoms with E-state index in [0.717, 1.165) is 12.3 Å². The Morgan fingerprint density at radius 2 is 1.80 bits per heavy atom. The first-order chi connectivity index (χ1) is 9.48. The van der Waals surface area contributed by atoms with Crippen LogP contribution < -0.4 is 0 Å². The van der Waals surface area contributed by atoms with Crippen LogP contribution in [0.1, 0.15) is 27.9 Å². The van der Waals surface area contributed by atoms with Gasteiger partial charge in [-0.2, -0.15) is 13.2 Å². The highest BCUT2D eigenvalue weighted by Crippen LogP contribution is 2.32. The van der Waals surface area contributed by atoms with Crippen molar-refractivity contribution in [1.82, 2.24) is 4.98 Å². The Balaban J connectivity index is 2.11. The van der Waals surface area contributed by atoms with Gasteiger partial charge in [-0.15, -0.1) is 0 Å². The molecule has 2 rings (SSSR count). The van der Waals surface area contributed by atoms with Crippen LogP contribution >= 0.6 is 0 Å². The smallest absolute Gasteiger partial charge is 0.294 e. The van der Waals surface area contributed by atoms with E-state index in [4.69, 9.17) is 0 Å². The van der Waals surface area contributed by atoms with Crippen LogP contribution in [0.3, 0.4) is 0 Å². The maximum absolute atomic E-state index is 12.8. The highest BCUT2D eigenvalue weighted by Gasteiger charge is 2.33. The fourth-order valence-corrected chi connectivity index (χ4v) is 1.92. The summed E-state index contributed by atoms with van der Waals surface area (Å²) in [5, 5.41) is 0. The minimum atomic E-state index is -4.42. The number of alkyl halides is 3. The molecule has 0 N–H and O–H groups in total. The number of Topliss-reactive ketones (excluding diaryl/α,β-unsaturated/α-hetero) is 1. The van der Waals surface area contributed by atoms with E-state index in [1.54, 1.807) is 30.3 Å². The zero-order valence-corrected chi connectivity index (χ0v) is 10.5. The Bertz CT molecular complexity index is 594. The zero-order valence-electron chi connectivity index (χ0n) is 10.5. The SMILES string of the molecule is O=C(CCc1cnccc1C(F)(F)F)c1ccccc1. The van der Waals surface area contributed by atoms with Gasteiger partial charge in [0, 0.05) is 24.4 Å². The summed E-state index contributed by atoms with van der Waals surface area (Å²) in [5.74, 6) is -0.178. The quantitative estimate of drug-likeness (QED) is 0.794. The Morgan fingerprint density at radius 1 is 1.10 bits per heavy atom. The van der Waals surface area contributed by atoms with E-state index >= 15 is 0 Å². The molecule has 20 heavy (non-hydrogen) atoms. The normalized spacial score (nSPS) is 11.3. The molecular formula is C15H12F3NO. The maximum Gasteiger partial charge on any atom is 0.416 e. The number of aromatic nitrogens is 1. The van der Waals surface area contributed by atoms with Crippen LogP contribution in [0, 0.1) is 0 Å². The fourth-order valence-electron chi connectivity index (χ4n) is 1.92. The third-order valence-corrected chi connectivity index (χ3v) is 2.93. The molecule has 0 aliphatic carbocycles. The summed E-state index contributed by atoms with van der Waals surface area (Å²) in [5.41, 5.74) is -0.178. The Morgan fingerprint density at radius 3 is 2.45 bits per heavy atom. The predicted octanol–water partition coefficient (Wildman–Crippen LogP) is 3.92. The molecule has 1 aromatic carbocycles. The molecule has 1 heterocycles. The molecule has 0 bridgehead atoms. The van der Waals surface area contributed by atoms with Gasteiger partial charge in [0.2, 0.25) is 0 Å². The third kappa shape index (κ3) is 3.44. The van der Waals surface area contributed by atoms with Crippen LogP contribution in [0.2, 0.25) is 0 Å². The lowest BCUT2D eigenvalue weighted by Crippen LogP contribution is -2.11. The first kappa shape index (κ1) is 14.2. The number of nitrogens with zero attached hydrogens (tertiary/aromatic N) is 1. The molecule has 0 unspecified atom stereocenters. The van der Waals surface area contributed by atoms with E-state index in [9.17, 15) is 18.0 Å². The van der Waals surface area contributed by atoms with Crippen LogP contribution in [-0.2, 0) is 12.6 Å². The zero-order chi connectivity index (χ0) is 14.6. The van der Waals surface area contributed by atoms with Gasteiger partial charge >= 0.3 is 6.18 Å². The highest BCUT2D eigenvalue weighted by atomic mass is 19.4. The minimum Gasteiger partial charge on any atom is -0.294 e. The summed E-state index contributed by atoms with van der Waals surface area (Å²) in [6.07, 6.45) is -2.10. The number of aryl methyl sites for hydroxylation is 1. The molecule has 104 valence electrons. The summed E-state index contributed by atoms with van der Waals surface area (Å²) in [7, 11) is 0. The molecule has 0 atom stereocenters. The number of pyridine rings is 1. The van der Waals surface area contributed by atoms with E-state index in [1.807, 2.05) is 0 Å². The number of ketones is 1. The van der Waals surface area contributed by atoms with Gasteiger partial charge in [-0.1, -0.05) is 30.3 Å². The van der Waals surface area contributed by atoms with Gasteiger partial charge in [0.1, 0.15) is 0 Å². The first-order valence-electron chi connectivity index (χ1n) is 6.07. The first-order valence-corrected chi connectivity index (χ1v) is 6.07. The summed E-state index contributed by atoms with van der Waals surface area (Å²) in [4.78, 5) is 15.6. The van der Waals surface area contributed by atoms with Gasteiger partial charge in [-0.25, -0.2) is 0 Å². The Labute approximate surface area is 114 Å². The lowest BCUT2D eigenvalue weighted by Gasteiger charge is -2.11. The second kappa shape index (κ2) is 5.86. The van der Waals surface area contributed by atoms with Crippen molar-refractivity contribution in [2.45, 2.75) is 19.0 Å². The molecule has 0 aliphatic heterocycles. The standard InChI is InChI=1S/C15H12F3NO/c16-15(17,18)13-8-9-19-10-12(13)6-7-14(20)11-4-2-1-3-5-11/h1-5,8-10H,6-7H2. The van der Waals surface area contributed by atoms with Crippen LogP contribution in [0.25, 0.3) is 0 Å². The molecule has 0 aliphatic rings. The third-order valence-electron chi connectivity index (χ3n) is 2.93. The maximum atomic E-state index is 12.8.